The van der Waals surface area contributed by atoms with Gasteiger partial charge in [0.05, 0.1) is 7.11 Å². The Hall–Kier alpha value is -2.06. The van der Waals surface area contributed by atoms with Crippen molar-refractivity contribution < 1.29 is 4.74 Å². The molecule has 130 valence electrons. The van der Waals surface area contributed by atoms with E-state index in [1.54, 1.807) is 7.11 Å². The summed E-state index contributed by atoms with van der Waals surface area (Å²) in [5.41, 5.74) is 5.54. The van der Waals surface area contributed by atoms with Crippen molar-refractivity contribution in [2.75, 3.05) is 7.11 Å². The maximum Gasteiger partial charge on any atom is 0.121 e. The Bertz CT molecular complexity index is 765. The monoisotopic (exact) mass is 333 g/mol. The number of hydrogen-bond donors (Lipinski definition) is 0. The van der Waals surface area contributed by atoms with Gasteiger partial charge in [-0.05, 0) is 60.6 Å². The fourth-order valence-electron chi connectivity index (χ4n) is 4.45. The molecule has 2 bridgehead atoms. The summed E-state index contributed by atoms with van der Waals surface area (Å²) in [6.07, 6.45) is 7.64. The number of hydrogen-bond acceptors (Lipinski definition) is 2. The van der Waals surface area contributed by atoms with Crippen LogP contribution in [0.5, 0.6) is 5.75 Å². The number of fused-ring (bicyclic) bond motifs is 2. The quantitative estimate of drug-likeness (QED) is 0.761. The number of rotatable bonds is 4. The van der Waals surface area contributed by atoms with Crippen LogP contribution >= 0.6 is 0 Å². The zero-order chi connectivity index (χ0) is 17.2. The van der Waals surface area contributed by atoms with Crippen LogP contribution in [0.2, 0.25) is 0 Å². The number of nitrogens with zero attached hydrogens (tertiary/aromatic N) is 1. The minimum Gasteiger partial charge on any atom is -0.496 e. The van der Waals surface area contributed by atoms with E-state index in [1.807, 2.05) is 0 Å². The number of ether oxygens (including phenoxy) is 1. The lowest BCUT2D eigenvalue weighted by Crippen LogP contribution is -2.47. The largest absolute Gasteiger partial charge is 0.496 e. The molecule has 0 amide bonds. The van der Waals surface area contributed by atoms with Gasteiger partial charge in [-0.3, -0.25) is 4.90 Å². The predicted molar refractivity (Wildman–Crippen MR) is 104 cm³/mol. The predicted octanol–water partition coefficient (Wildman–Crippen LogP) is 5.21. The Morgan fingerprint density at radius 1 is 1.08 bits per heavy atom. The zero-order valence-electron chi connectivity index (χ0n) is 15.2. The Balaban J connectivity index is 1.59. The fraction of sp³-hybridized carbons (Fsp3) is 0.391. The minimum atomic E-state index is 0.574. The highest BCUT2D eigenvalue weighted by Gasteiger charge is 2.34. The van der Waals surface area contributed by atoms with Crippen LogP contribution in [0.25, 0.3) is 5.57 Å². The van der Waals surface area contributed by atoms with Gasteiger partial charge in [-0.25, -0.2) is 0 Å². The molecule has 25 heavy (non-hydrogen) atoms. The maximum atomic E-state index is 5.42. The van der Waals surface area contributed by atoms with E-state index in [1.165, 1.54) is 41.5 Å². The molecule has 2 atom stereocenters. The molecule has 2 aliphatic heterocycles. The molecule has 2 nitrogen and oxygen atoms in total. The van der Waals surface area contributed by atoms with Crippen molar-refractivity contribution in [3.05, 3.63) is 71.3 Å². The lowest BCUT2D eigenvalue weighted by Gasteiger charge is -2.45. The average molecular weight is 333 g/mol. The third kappa shape index (κ3) is 3.36. The highest BCUT2D eigenvalue weighted by molar-refractivity contribution is 5.69. The van der Waals surface area contributed by atoms with E-state index in [4.69, 9.17) is 4.74 Å². The molecular weight excluding hydrogens is 306 g/mol. The van der Waals surface area contributed by atoms with E-state index in [0.717, 1.165) is 18.7 Å². The van der Waals surface area contributed by atoms with Crippen molar-refractivity contribution >= 4 is 5.57 Å². The molecule has 1 saturated heterocycles. The zero-order valence-corrected chi connectivity index (χ0v) is 15.2. The van der Waals surface area contributed by atoms with Gasteiger partial charge in [0, 0.05) is 18.6 Å². The smallest absolute Gasteiger partial charge is 0.121 e. The van der Waals surface area contributed by atoms with Gasteiger partial charge in [0.2, 0.25) is 0 Å². The molecule has 0 aromatic heterocycles. The van der Waals surface area contributed by atoms with E-state index in [0.29, 0.717) is 12.1 Å². The molecule has 2 aromatic carbocycles. The number of benzene rings is 2. The normalized spacial score (nSPS) is 23.2. The summed E-state index contributed by atoms with van der Waals surface area (Å²) >= 11 is 0. The van der Waals surface area contributed by atoms with Crippen molar-refractivity contribution in [2.45, 2.75) is 51.2 Å². The van der Waals surface area contributed by atoms with E-state index >= 15 is 0 Å². The van der Waals surface area contributed by atoms with Crippen LogP contribution < -0.4 is 4.74 Å². The highest BCUT2D eigenvalue weighted by Crippen LogP contribution is 2.38. The SMILES string of the molecule is COc1ccc(C2=CC3CCCC(C2)N3Cc2ccccc2)cc1C. The van der Waals surface area contributed by atoms with Gasteiger partial charge in [0.1, 0.15) is 5.75 Å². The van der Waals surface area contributed by atoms with Crippen molar-refractivity contribution in [2.24, 2.45) is 0 Å². The van der Waals surface area contributed by atoms with E-state index in [-0.39, 0.29) is 0 Å². The summed E-state index contributed by atoms with van der Waals surface area (Å²) in [5, 5.41) is 0. The number of methoxy groups -OCH3 is 1. The molecule has 2 aromatic rings. The van der Waals surface area contributed by atoms with E-state index in [2.05, 4.69) is 66.4 Å². The van der Waals surface area contributed by atoms with Crippen LogP contribution in [-0.2, 0) is 6.54 Å². The molecule has 0 aliphatic carbocycles. The third-order valence-electron chi connectivity index (χ3n) is 5.75. The van der Waals surface area contributed by atoms with Crippen LogP contribution in [0, 0.1) is 6.92 Å². The second-order valence-corrected chi connectivity index (χ2v) is 7.39. The molecule has 2 heterocycles. The van der Waals surface area contributed by atoms with Crippen LogP contribution in [0.1, 0.15) is 42.4 Å². The lowest BCUT2D eigenvalue weighted by molar-refractivity contribution is 0.0951. The van der Waals surface area contributed by atoms with Gasteiger partial charge in [0.25, 0.3) is 0 Å². The Kier molecular flexibility index (Phi) is 4.63. The van der Waals surface area contributed by atoms with Gasteiger partial charge in [-0.2, -0.15) is 0 Å². The van der Waals surface area contributed by atoms with Crippen LogP contribution in [0.4, 0.5) is 0 Å². The van der Waals surface area contributed by atoms with Gasteiger partial charge >= 0.3 is 0 Å². The molecule has 2 unspecified atom stereocenters. The minimum absolute atomic E-state index is 0.574. The second kappa shape index (κ2) is 7.05. The molecule has 2 aliphatic rings. The van der Waals surface area contributed by atoms with Crippen LogP contribution in [-0.4, -0.2) is 24.1 Å². The topological polar surface area (TPSA) is 12.5 Å². The van der Waals surface area contributed by atoms with Crippen molar-refractivity contribution in [1.82, 2.24) is 4.90 Å². The fourth-order valence-corrected chi connectivity index (χ4v) is 4.45. The number of aryl methyl sites for hydroxylation is 1. The summed E-state index contributed by atoms with van der Waals surface area (Å²) in [6.45, 7) is 3.20. The Morgan fingerprint density at radius 3 is 2.64 bits per heavy atom. The summed E-state index contributed by atoms with van der Waals surface area (Å²) in [6, 6.07) is 18.8. The molecule has 4 rings (SSSR count). The molecular formula is C23H27NO. The van der Waals surface area contributed by atoms with Crippen molar-refractivity contribution in [1.29, 1.82) is 0 Å². The van der Waals surface area contributed by atoms with Gasteiger partial charge < -0.3 is 4.74 Å². The first kappa shape index (κ1) is 16.4. The number of piperidine rings is 1. The summed E-state index contributed by atoms with van der Waals surface area (Å²) in [5.74, 6) is 0.978. The maximum absolute atomic E-state index is 5.42. The van der Waals surface area contributed by atoms with Gasteiger partial charge in [-0.1, -0.05) is 48.9 Å². The van der Waals surface area contributed by atoms with Gasteiger partial charge in [-0.15, -0.1) is 0 Å². The molecule has 2 heteroatoms. The van der Waals surface area contributed by atoms with Crippen molar-refractivity contribution in [3.8, 4) is 5.75 Å². The van der Waals surface area contributed by atoms with Gasteiger partial charge in [0.15, 0.2) is 0 Å². The summed E-state index contributed by atoms with van der Waals surface area (Å²) < 4.78 is 5.42. The molecule has 0 spiro atoms. The van der Waals surface area contributed by atoms with Crippen LogP contribution in [0.3, 0.4) is 0 Å². The summed E-state index contributed by atoms with van der Waals surface area (Å²) in [7, 11) is 1.74. The second-order valence-electron chi connectivity index (χ2n) is 7.39. The molecule has 0 radical (unpaired) electrons. The Labute approximate surface area is 151 Å². The standard InChI is InChI=1S/C23H27NO/c1-17-13-19(11-12-23(17)25-2)20-14-21-9-6-10-22(15-20)24(21)16-18-7-4-3-5-8-18/h3-5,7-8,11-14,21-22H,6,9-10,15-16H2,1-2H3. The molecule has 1 fully saturated rings. The van der Waals surface area contributed by atoms with E-state index < -0.39 is 0 Å². The molecule has 0 N–H and O–H groups in total. The third-order valence-corrected chi connectivity index (χ3v) is 5.75. The van der Waals surface area contributed by atoms with Crippen LogP contribution in [0.15, 0.2) is 54.6 Å². The first-order chi connectivity index (χ1) is 12.2. The van der Waals surface area contributed by atoms with E-state index in [9.17, 15) is 0 Å². The summed E-state index contributed by atoms with van der Waals surface area (Å²) in [4.78, 5) is 2.72. The Morgan fingerprint density at radius 2 is 1.92 bits per heavy atom. The van der Waals surface area contributed by atoms with Crippen molar-refractivity contribution in [3.63, 3.8) is 0 Å². The average Bonchev–Trinajstić information content (AvgIpc) is 2.62. The highest BCUT2D eigenvalue weighted by atomic mass is 16.5. The first-order valence-electron chi connectivity index (χ1n) is 9.40. The first-order valence-corrected chi connectivity index (χ1v) is 9.40. The lowest BCUT2D eigenvalue weighted by atomic mass is 9.82. The molecule has 0 saturated carbocycles.